The van der Waals surface area contributed by atoms with Crippen LogP contribution in [0.1, 0.15) is 77.3 Å². The van der Waals surface area contributed by atoms with Crippen molar-refractivity contribution < 1.29 is 9.59 Å². The first kappa shape index (κ1) is 21.2. The molecule has 2 amide bonds. The number of rotatable bonds is 5. The molecule has 1 N–H and O–H groups in total. The first-order chi connectivity index (χ1) is 13.7. The van der Waals surface area contributed by atoms with Crippen LogP contribution >= 0.6 is 0 Å². The third kappa shape index (κ3) is 4.09. The lowest BCUT2D eigenvalue weighted by atomic mass is 9.91. The van der Waals surface area contributed by atoms with Gasteiger partial charge in [0.25, 0.3) is 0 Å². The Balaban J connectivity index is 2.13. The quantitative estimate of drug-likeness (QED) is 0.802. The smallest absolute Gasteiger partial charge is 0.249 e. The normalized spacial score (nSPS) is 21.4. The van der Waals surface area contributed by atoms with E-state index in [0.29, 0.717) is 0 Å². The summed E-state index contributed by atoms with van der Waals surface area (Å²) >= 11 is 0. The summed E-state index contributed by atoms with van der Waals surface area (Å²) in [6.07, 6.45) is 2.83. The molecular formula is C24H33N3O2. The SMILES string of the molecule is CCC(C)[C@H]1C(=O)N([C@H](C)c2ccccc2)C(C(=O)NC(C)(C)C)c2cccn21. The summed E-state index contributed by atoms with van der Waals surface area (Å²) in [7, 11) is 0. The number of hydrogen-bond acceptors (Lipinski definition) is 2. The Labute approximate surface area is 174 Å². The Morgan fingerprint density at radius 3 is 2.34 bits per heavy atom. The molecule has 2 heterocycles. The Kier molecular flexibility index (Phi) is 5.87. The number of aromatic nitrogens is 1. The van der Waals surface area contributed by atoms with Gasteiger partial charge in [-0.05, 0) is 51.3 Å². The molecule has 0 saturated carbocycles. The molecular weight excluding hydrogens is 362 g/mol. The van der Waals surface area contributed by atoms with Crippen LogP contribution < -0.4 is 5.32 Å². The lowest BCUT2D eigenvalue weighted by molar-refractivity contribution is -0.151. The summed E-state index contributed by atoms with van der Waals surface area (Å²) in [4.78, 5) is 29.0. The second-order valence-corrected chi connectivity index (χ2v) is 9.14. The highest BCUT2D eigenvalue weighted by Gasteiger charge is 2.46. The number of fused-ring (bicyclic) bond motifs is 1. The minimum absolute atomic E-state index is 0.00784. The molecule has 156 valence electrons. The van der Waals surface area contributed by atoms with Crippen LogP contribution in [0.15, 0.2) is 48.7 Å². The minimum atomic E-state index is -0.660. The zero-order chi connectivity index (χ0) is 21.3. The molecule has 1 aromatic carbocycles. The Hall–Kier alpha value is -2.56. The van der Waals surface area contributed by atoms with E-state index in [-0.39, 0.29) is 35.4 Å². The van der Waals surface area contributed by atoms with Gasteiger partial charge in [0.2, 0.25) is 11.8 Å². The molecule has 0 spiro atoms. The zero-order valence-corrected chi connectivity index (χ0v) is 18.3. The highest BCUT2D eigenvalue weighted by atomic mass is 16.2. The van der Waals surface area contributed by atoms with Crippen molar-refractivity contribution in [2.24, 2.45) is 5.92 Å². The number of amides is 2. The van der Waals surface area contributed by atoms with Gasteiger partial charge in [-0.1, -0.05) is 50.6 Å². The van der Waals surface area contributed by atoms with Crippen molar-refractivity contribution in [1.82, 2.24) is 14.8 Å². The fourth-order valence-corrected chi connectivity index (χ4v) is 4.18. The van der Waals surface area contributed by atoms with Crippen LogP contribution in [0.5, 0.6) is 0 Å². The zero-order valence-electron chi connectivity index (χ0n) is 18.3. The van der Waals surface area contributed by atoms with Crippen LogP contribution in [0.25, 0.3) is 0 Å². The second kappa shape index (κ2) is 8.05. The topological polar surface area (TPSA) is 54.3 Å². The van der Waals surface area contributed by atoms with Crippen LogP contribution in [0, 0.1) is 5.92 Å². The van der Waals surface area contributed by atoms with Crippen molar-refractivity contribution >= 4 is 11.8 Å². The molecule has 5 nitrogen and oxygen atoms in total. The van der Waals surface area contributed by atoms with Crippen molar-refractivity contribution in [2.45, 2.75) is 71.6 Å². The average Bonchev–Trinajstić information content (AvgIpc) is 3.14. The number of carbonyl (C=O) groups is 2. The molecule has 2 aromatic rings. The van der Waals surface area contributed by atoms with E-state index in [9.17, 15) is 9.59 Å². The Bertz CT molecular complexity index is 866. The number of carbonyl (C=O) groups excluding carboxylic acids is 2. The molecule has 0 aliphatic carbocycles. The van der Waals surface area contributed by atoms with E-state index in [1.165, 1.54) is 0 Å². The van der Waals surface area contributed by atoms with Crippen molar-refractivity contribution in [3.63, 3.8) is 0 Å². The summed E-state index contributed by atoms with van der Waals surface area (Å²) < 4.78 is 2.01. The van der Waals surface area contributed by atoms with Gasteiger partial charge >= 0.3 is 0 Å². The predicted octanol–water partition coefficient (Wildman–Crippen LogP) is 4.63. The highest BCUT2D eigenvalue weighted by molar-refractivity contribution is 5.92. The summed E-state index contributed by atoms with van der Waals surface area (Å²) in [5.41, 5.74) is 1.52. The molecule has 0 bridgehead atoms. The number of nitrogens with zero attached hydrogens (tertiary/aromatic N) is 2. The van der Waals surface area contributed by atoms with E-state index in [2.05, 4.69) is 19.2 Å². The van der Waals surface area contributed by atoms with Gasteiger partial charge in [0.1, 0.15) is 6.04 Å². The van der Waals surface area contributed by atoms with Gasteiger partial charge in [-0.25, -0.2) is 0 Å². The van der Waals surface area contributed by atoms with Crippen LogP contribution in [0.2, 0.25) is 0 Å². The van der Waals surface area contributed by atoms with Crippen LogP contribution in [0.4, 0.5) is 0 Å². The maximum Gasteiger partial charge on any atom is 0.249 e. The molecule has 2 unspecified atom stereocenters. The van der Waals surface area contributed by atoms with Gasteiger partial charge in [0, 0.05) is 11.7 Å². The lowest BCUT2D eigenvalue weighted by Crippen LogP contribution is -2.55. The molecule has 0 saturated heterocycles. The molecule has 3 rings (SSSR count). The van der Waals surface area contributed by atoms with E-state index in [0.717, 1.165) is 17.7 Å². The lowest BCUT2D eigenvalue weighted by Gasteiger charge is -2.45. The predicted molar refractivity (Wildman–Crippen MR) is 115 cm³/mol. The second-order valence-electron chi connectivity index (χ2n) is 9.14. The van der Waals surface area contributed by atoms with Gasteiger partial charge in [-0.15, -0.1) is 0 Å². The van der Waals surface area contributed by atoms with E-state index in [1.807, 2.05) is 80.9 Å². The van der Waals surface area contributed by atoms with Crippen molar-refractivity contribution in [1.29, 1.82) is 0 Å². The Morgan fingerprint density at radius 1 is 1.10 bits per heavy atom. The standard InChI is InChI=1S/C24H33N3O2/c1-7-16(2)20-23(29)27(17(3)18-12-9-8-10-13-18)21(19-14-11-15-26(19)20)22(28)25-24(4,5)6/h8-17,20-21H,7H2,1-6H3,(H,25,28)/t16?,17-,20+,21?/m1/s1. The van der Waals surface area contributed by atoms with Gasteiger partial charge in [0.05, 0.1) is 11.7 Å². The first-order valence-electron chi connectivity index (χ1n) is 10.5. The van der Waals surface area contributed by atoms with Gasteiger partial charge in [0.15, 0.2) is 6.04 Å². The van der Waals surface area contributed by atoms with Gasteiger partial charge in [-0.2, -0.15) is 0 Å². The summed E-state index contributed by atoms with van der Waals surface area (Å²) in [5.74, 6) is 0.0374. The number of hydrogen-bond donors (Lipinski definition) is 1. The molecule has 1 aliphatic rings. The molecule has 0 fully saturated rings. The average molecular weight is 396 g/mol. The maximum absolute atomic E-state index is 13.8. The molecule has 29 heavy (non-hydrogen) atoms. The molecule has 1 aromatic heterocycles. The van der Waals surface area contributed by atoms with E-state index >= 15 is 0 Å². The van der Waals surface area contributed by atoms with Crippen LogP contribution in [0.3, 0.4) is 0 Å². The fraction of sp³-hybridized carbons (Fsp3) is 0.500. The third-order valence-corrected chi connectivity index (χ3v) is 5.81. The molecule has 1 aliphatic heterocycles. The van der Waals surface area contributed by atoms with E-state index < -0.39 is 6.04 Å². The monoisotopic (exact) mass is 395 g/mol. The van der Waals surface area contributed by atoms with Crippen molar-refractivity contribution in [3.8, 4) is 0 Å². The Morgan fingerprint density at radius 2 is 1.76 bits per heavy atom. The highest BCUT2D eigenvalue weighted by Crippen LogP contribution is 2.41. The van der Waals surface area contributed by atoms with Crippen molar-refractivity contribution in [3.05, 3.63) is 59.9 Å². The first-order valence-corrected chi connectivity index (χ1v) is 10.5. The number of benzene rings is 1. The summed E-state index contributed by atoms with van der Waals surface area (Å²) in [5, 5.41) is 3.09. The van der Waals surface area contributed by atoms with Gasteiger partial charge in [-0.3, -0.25) is 9.59 Å². The summed E-state index contributed by atoms with van der Waals surface area (Å²) in [6, 6.07) is 12.7. The van der Waals surface area contributed by atoms with E-state index in [4.69, 9.17) is 0 Å². The fourth-order valence-electron chi connectivity index (χ4n) is 4.18. The summed E-state index contributed by atoms with van der Waals surface area (Å²) in [6.45, 7) is 12.1. The van der Waals surface area contributed by atoms with E-state index in [1.54, 1.807) is 4.90 Å². The molecule has 0 radical (unpaired) electrons. The minimum Gasteiger partial charge on any atom is -0.349 e. The number of nitrogens with one attached hydrogen (secondary N) is 1. The van der Waals surface area contributed by atoms with Crippen LogP contribution in [-0.2, 0) is 9.59 Å². The van der Waals surface area contributed by atoms with Crippen molar-refractivity contribution in [2.75, 3.05) is 0 Å². The van der Waals surface area contributed by atoms with Gasteiger partial charge < -0.3 is 14.8 Å². The molecule has 5 heteroatoms. The maximum atomic E-state index is 13.8. The third-order valence-electron chi connectivity index (χ3n) is 5.81. The molecule has 4 atom stereocenters. The van der Waals surface area contributed by atoms with Crippen LogP contribution in [-0.4, -0.2) is 26.8 Å². The largest absolute Gasteiger partial charge is 0.349 e.